The molecule has 1 saturated heterocycles. The summed E-state index contributed by atoms with van der Waals surface area (Å²) in [5.74, 6) is 0. The molecule has 0 unspecified atom stereocenters. The van der Waals surface area contributed by atoms with Crippen molar-refractivity contribution in [3.63, 3.8) is 0 Å². The molecule has 0 saturated carbocycles. The van der Waals surface area contributed by atoms with Gasteiger partial charge in [0.2, 0.25) is 0 Å². The Balaban J connectivity index is 1.51. The summed E-state index contributed by atoms with van der Waals surface area (Å²) in [6.07, 6.45) is 3.03. The highest BCUT2D eigenvalue weighted by Crippen LogP contribution is 2.20. The Morgan fingerprint density at radius 3 is 2.96 bits per heavy atom. The number of H-pyrrole nitrogens is 1. The molecule has 0 bridgehead atoms. The fraction of sp³-hybridized carbons (Fsp3) is 0.647. The zero-order chi connectivity index (χ0) is 16.4. The van der Waals surface area contributed by atoms with E-state index in [0.29, 0.717) is 6.04 Å². The molecular formula is C17H26N6O. The predicted octanol–water partition coefficient (Wildman–Crippen LogP) is 1.02. The lowest BCUT2D eigenvalue weighted by Crippen LogP contribution is -2.46. The first-order chi connectivity index (χ1) is 11.8. The molecule has 2 aromatic rings. The lowest BCUT2D eigenvalue weighted by molar-refractivity contribution is 0.0195. The molecule has 0 aromatic carbocycles. The molecular weight excluding hydrogens is 304 g/mol. The molecule has 7 heteroatoms. The second-order valence-corrected chi connectivity index (χ2v) is 6.85. The van der Waals surface area contributed by atoms with Gasteiger partial charge in [-0.25, -0.2) is 0 Å². The van der Waals surface area contributed by atoms with E-state index in [0.717, 1.165) is 70.3 Å². The molecule has 2 aromatic heterocycles. The van der Waals surface area contributed by atoms with E-state index >= 15 is 0 Å². The molecule has 0 spiro atoms. The van der Waals surface area contributed by atoms with E-state index in [1.165, 1.54) is 5.69 Å². The number of fused-ring (bicyclic) bond motifs is 1. The number of ether oxygens (including phenoxy) is 1. The normalized spacial score (nSPS) is 23.1. The Bertz CT molecular complexity index is 660. The lowest BCUT2D eigenvalue weighted by Gasteiger charge is -2.35. The van der Waals surface area contributed by atoms with Crippen LogP contribution in [0.1, 0.15) is 23.5 Å². The van der Waals surface area contributed by atoms with Gasteiger partial charge in [0.1, 0.15) is 0 Å². The lowest BCUT2D eigenvalue weighted by atomic mass is 10.1. The van der Waals surface area contributed by atoms with Gasteiger partial charge in [-0.15, -0.1) is 0 Å². The number of hydrogen-bond donors (Lipinski definition) is 1. The SMILES string of the molecule is Cc1cc(CN2Cc3ccnn3CC[C@H]2CN2CCOCC2)n[nH]1. The molecule has 1 atom stereocenters. The van der Waals surface area contributed by atoms with Crippen LogP contribution in [0.2, 0.25) is 0 Å². The van der Waals surface area contributed by atoms with Crippen LogP contribution in [0, 0.1) is 6.92 Å². The Labute approximate surface area is 142 Å². The van der Waals surface area contributed by atoms with Gasteiger partial charge >= 0.3 is 0 Å². The van der Waals surface area contributed by atoms with E-state index < -0.39 is 0 Å². The second kappa shape index (κ2) is 7.04. The van der Waals surface area contributed by atoms with E-state index in [-0.39, 0.29) is 0 Å². The fourth-order valence-corrected chi connectivity index (χ4v) is 3.72. The van der Waals surface area contributed by atoms with Crippen molar-refractivity contribution in [2.24, 2.45) is 0 Å². The number of aryl methyl sites for hydroxylation is 2. The summed E-state index contributed by atoms with van der Waals surface area (Å²) in [7, 11) is 0. The number of hydrogen-bond acceptors (Lipinski definition) is 5. The molecule has 2 aliphatic heterocycles. The first kappa shape index (κ1) is 15.8. The highest BCUT2D eigenvalue weighted by Gasteiger charge is 2.27. The third kappa shape index (κ3) is 3.53. The Morgan fingerprint density at radius 1 is 1.29 bits per heavy atom. The zero-order valence-corrected chi connectivity index (χ0v) is 14.3. The fourth-order valence-electron chi connectivity index (χ4n) is 3.72. The average Bonchev–Trinajstić information content (AvgIpc) is 3.17. The van der Waals surface area contributed by atoms with Gasteiger partial charge < -0.3 is 4.74 Å². The summed E-state index contributed by atoms with van der Waals surface area (Å²) in [6, 6.07) is 4.80. The maximum atomic E-state index is 5.49. The molecule has 0 radical (unpaired) electrons. The topological polar surface area (TPSA) is 62.2 Å². The van der Waals surface area contributed by atoms with Crippen LogP contribution >= 0.6 is 0 Å². The molecule has 24 heavy (non-hydrogen) atoms. The quantitative estimate of drug-likeness (QED) is 0.907. The van der Waals surface area contributed by atoms with E-state index in [2.05, 4.69) is 48.8 Å². The van der Waals surface area contributed by atoms with Gasteiger partial charge in [0, 0.05) is 57.2 Å². The van der Waals surface area contributed by atoms with Gasteiger partial charge in [-0.1, -0.05) is 0 Å². The average molecular weight is 330 g/mol. The van der Waals surface area contributed by atoms with Crippen molar-refractivity contribution in [3.05, 3.63) is 35.4 Å². The van der Waals surface area contributed by atoms with Crippen LogP contribution in [0.5, 0.6) is 0 Å². The molecule has 130 valence electrons. The molecule has 0 amide bonds. The van der Waals surface area contributed by atoms with Gasteiger partial charge in [0.25, 0.3) is 0 Å². The summed E-state index contributed by atoms with van der Waals surface area (Å²) in [5, 5.41) is 12.0. The van der Waals surface area contributed by atoms with Crippen molar-refractivity contribution in [1.29, 1.82) is 0 Å². The minimum atomic E-state index is 0.516. The number of aromatic amines is 1. The summed E-state index contributed by atoms with van der Waals surface area (Å²) in [6.45, 7) is 9.74. The standard InChI is InChI=1S/C17H26N6O/c1-14-10-15(20-19-14)11-22-13-17-2-4-18-23(17)5-3-16(22)12-21-6-8-24-9-7-21/h2,4,10,16H,3,5-9,11-13H2,1H3,(H,19,20)/t16-/m0/s1. The number of aromatic nitrogens is 4. The third-order valence-electron chi connectivity index (χ3n) is 5.06. The van der Waals surface area contributed by atoms with Crippen LogP contribution in [-0.4, -0.2) is 68.7 Å². The van der Waals surface area contributed by atoms with E-state index in [1.807, 2.05) is 6.20 Å². The Morgan fingerprint density at radius 2 is 2.17 bits per heavy atom. The third-order valence-corrected chi connectivity index (χ3v) is 5.06. The van der Waals surface area contributed by atoms with Crippen molar-refractivity contribution in [1.82, 2.24) is 29.8 Å². The first-order valence-corrected chi connectivity index (χ1v) is 8.83. The number of nitrogens with zero attached hydrogens (tertiary/aromatic N) is 5. The minimum absolute atomic E-state index is 0.516. The van der Waals surface area contributed by atoms with Crippen molar-refractivity contribution in [2.45, 2.75) is 39.0 Å². The Hall–Kier alpha value is -1.70. The van der Waals surface area contributed by atoms with Crippen molar-refractivity contribution >= 4 is 0 Å². The van der Waals surface area contributed by atoms with E-state index in [1.54, 1.807) is 0 Å². The van der Waals surface area contributed by atoms with Crippen LogP contribution in [0.3, 0.4) is 0 Å². The highest BCUT2D eigenvalue weighted by molar-refractivity contribution is 5.09. The summed E-state index contributed by atoms with van der Waals surface area (Å²) < 4.78 is 7.65. The Kier molecular flexibility index (Phi) is 4.64. The monoisotopic (exact) mass is 330 g/mol. The molecule has 1 fully saturated rings. The van der Waals surface area contributed by atoms with Gasteiger partial charge in [0.05, 0.1) is 24.6 Å². The molecule has 1 N–H and O–H groups in total. The van der Waals surface area contributed by atoms with Gasteiger partial charge in [-0.2, -0.15) is 10.2 Å². The van der Waals surface area contributed by atoms with E-state index in [9.17, 15) is 0 Å². The molecule has 0 aliphatic carbocycles. The maximum Gasteiger partial charge on any atom is 0.0765 e. The van der Waals surface area contributed by atoms with Crippen LogP contribution in [-0.2, 0) is 24.4 Å². The minimum Gasteiger partial charge on any atom is -0.379 e. The largest absolute Gasteiger partial charge is 0.379 e. The predicted molar refractivity (Wildman–Crippen MR) is 90.5 cm³/mol. The number of rotatable bonds is 4. The van der Waals surface area contributed by atoms with Gasteiger partial charge in [-0.3, -0.25) is 19.6 Å². The molecule has 2 aliphatic rings. The van der Waals surface area contributed by atoms with Crippen LogP contribution in [0.15, 0.2) is 18.3 Å². The van der Waals surface area contributed by atoms with Crippen molar-refractivity contribution in [2.75, 3.05) is 32.8 Å². The van der Waals surface area contributed by atoms with E-state index in [4.69, 9.17) is 4.74 Å². The van der Waals surface area contributed by atoms with Crippen LogP contribution < -0.4 is 0 Å². The number of morpholine rings is 1. The second-order valence-electron chi connectivity index (χ2n) is 6.85. The summed E-state index contributed by atoms with van der Waals surface area (Å²) in [4.78, 5) is 5.09. The van der Waals surface area contributed by atoms with Crippen molar-refractivity contribution in [3.8, 4) is 0 Å². The smallest absolute Gasteiger partial charge is 0.0765 e. The van der Waals surface area contributed by atoms with Gasteiger partial charge in [-0.05, 0) is 25.5 Å². The molecule has 7 nitrogen and oxygen atoms in total. The molecule has 4 rings (SSSR count). The van der Waals surface area contributed by atoms with Crippen LogP contribution in [0.4, 0.5) is 0 Å². The molecule has 4 heterocycles. The van der Waals surface area contributed by atoms with Crippen molar-refractivity contribution < 1.29 is 4.74 Å². The zero-order valence-electron chi connectivity index (χ0n) is 14.3. The van der Waals surface area contributed by atoms with Crippen LogP contribution in [0.25, 0.3) is 0 Å². The first-order valence-electron chi connectivity index (χ1n) is 8.83. The number of nitrogens with one attached hydrogen (secondary N) is 1. The maximum absolute atomic E-state index is 5.49. The summed E-state index contributed by atoms with van der Waals surface area (Å²) in [5.41, 5.74) is 3.54. The highest BCUT2D eigenvalue weighted by atomic mass is 16.5. The van der Waals surface area contributed by atoms with Gasteiger partial charge in [0.15, 0.2) is 0 Å². The summed E-state index contributed by atoms with van der Waals surface area (Å²) >= 11 is 0.